The van der Waals surface area contributed by atoms with E-state index >= 15 is 0 Å². The van der Waals surface area contributed by atoms with Crippen LogP contribution in [0.1, 0.15) is 44.8 Å². The molecule has 0 amide bonds. The Morgan fingerprint density at radius 2 is 2.00 bits per heavy atom. The van der Waals surface area contributed by atoms with Gasteiger partial charge in [-0.25, -0.2) is 0 Å². The molecule has 0 aliphatic carbocycles. The lowest BCUT2D eigenvalue weighted by Gasteiger charge is -2.27. The van der Waals surface area contributed by atoms with Crippen molar-refractivity contribution in [2.75, 3.05) is 26.4 Å². The zero-order valence-electron chi connectivity index (χ0n) is 13.0. The Morgan fingerprint density at radius 1 is 1.24 bits per heavy atom. The van der Waals surface area contributed by atoms with E-state index in [1.807, 2.05) is 18.2 Å². The minimum atomic E-state index is -0.469. The molecule has 1 atom stereocenters. The van der Waals surface area contributed by atoms with E-state index in [1.165, 1.54) is 19.3 Å². The van der Waals surface area contributed by atoms with Gasteiger partial charge < -0.3 is 14.6 Å². The van der Waals surface area contributed by atoms with Gasteiger partial charge in [-0.05, 0) is 48.9 Å². The van der Waals surface area contributed by atoms with Crippen molar-refractivity contribution in [3.63, 3.8) is 0 Å². The van der Waals surface area contributed by atoms with Crippen LogP contribution >= 0.6 is 0 Å². The first-order valence-electron chi connectivity index (χ1n) is 7.96. The van der Waals surface area contributed by atoms with Gasteiger partial charge in [0.15, 0.2) is 11.5 Å². The van der Waals surface area contributed by atoms with Crippen molar-refractivity contribution in [2.24, 2.45) is 5.41 Å². The van der Waals surface area contributed by atoms with Crippen LogP contribution in [-0.4, -0.2) is 36.4 Å². The summed E-state index contributed by atoms with van der Waals surface area (Å²) >= 11 is 0. The van der Waals surface area contributed by atoms with Crippen molar-refractivity contribution < 1.29 is 14.6 Å². The summed E-state index contributed by atoms with van der Waals surface area (Å²) in [5, 5.41) is 10.5. The van der Waals surface area contributed by atoms with Crippen LogP contribution in [0.4, 0.5) is 0 Å². The van der Waals surface area contributed by atoms with E-state index < -0.39 is 6.10 Å². The number of hydrogen-bond acceptors (Lipinski definition) is 4. The first kappa shape index (κ1) is 14.7. The Hall–Kier alpha value is -1.26. The number of ether oxygens (including phenoxy) is 2. The number of nitrogens with zero attached hydrogens (tertiary/aromatic N) is 1. The van der Waals surface area contributed by atoms with Gasteiger partial charge >= 0.3 is 0 Å². The predicted molar refractivity (Wildman–Crippen MR) is 81.6 cm³/mol. The molecule has 0 spiro atoms. The highest BCUT2D eigenvalue weighted by Crippen LogP contribution is 2.38. The fourth-order valence-corrected chi connectivity index (χ4v) is 3.48. The largest absolute Gasteiger partial charge is 0.454 e. The molecule has 2 aliphatic rings. The summed E-state index contributed by atoms with van der Waals surface area (Å²) in [5.74, 6) is 1.51. The van der Waals surface area contributed by atoms with Gasteiger partial charge in [0.25, 0.3) is 0 Å². The van der Waals surface area contributed by atoms with E-state index in [1.54, 1.807) is 0 Å². The normalized spacial score (nSPS) is 21.7. The summed E-state index contributed by atoms with van der Waals surface area (Å²) in [5.41, 5.74) is 1.36. The lowest BCUT2D eigenvalue weighted by atomic mass is 9.82. The summed E-state index contributed by atoms with van der Waals surface area (Å²) in [6.07, 6.45) is 3.22. The van der Waals surface area contributed by atoms with Gasteiger partial charge in [-0.2, -0.15) is 0 Å². The highest BCUT2D eigenvalue weighted by molar-refractivity contribution is 5.45. The van der Waals surface area contributed by atoms with Crippen LogP contribution in [0.2, 0.25) is 0 Å². The molecule has 2 heterocycles. The Labute approximate surface area is 126 Å². The van der Waals surface area contributed by atoms with E-state index in [2.05, 4.69) is 18.7 Å². The van der Waals surface area contributed by atoms with Crippen LogP contribution in [0, 0.1) is 5.41 Å². The average molecular weight is 291 g/mol. The first-order chi connectivity index (χ1) is 10.2. The highest BCUT2D eigenvalue weighted by Gasteiger charge is 2.35. The van der Waals surface area contributed by atoms with Crippen LogP contribution < -0.4 is 9.47 Å². The monoisotopic (exact) mass is 291 g/mol. The molecular weight excluding hydrogens is 266 g/mol. The zero-order valence-corrected chi connectivity index (χ0v) is 13.0. The quantitative estimate of drug-likeness (QED) is 0.905. The van der Waals surface area contributed by atoms with E-state index in [0.29, 0.717) is 12.0 Å². The number of rotatable bonds is 5. The molecule has 1 N–H and O–H groups in total. The van der Waals surface area contributed by atoms with E-state index in [4.69, 9.17) is 9.47 Å². The number of benzene rings is 1. The summed E-state index contributed by atoms with van der Waals surface area (Å²) in [7, 11) is 0. The Kier molecular flexibility index (Phi) is 4.09. The number of fused-ring (bicyclic) bond motifs is 1. The van der Waals surface area contributed by atoms with Crippen molar-refractivity contribution >= 4 is 0 Å². The van der Waals surface area contributed by atoms with Crippen LogP contribution in [0.3, 0.4) is 0 Å². The molecule has 4 nitrogen and oxygen atoms in total. The average Bonchev–Trinajstić information content (AvgIpc) is 3.13. The topological polar surface area (TPSA) is 41.9 Å². The molecule has 2 aliphatic heterocycles. The molecular formula is C17H25NO3. The van der Waals surface area contributed by atoms with E-state index in [9.17, 15) is 5.11 Å². The maximum atomic E-state index is 10.5. The number of hydrogen-bond donors (Lipinski definition) is 1. The molecule has 1 aromatic carbocycles. The Morgan fingerprint density at radius 3 is 2.71 bits per heavy atom. The fraction of sp³-hybridized carbons (Fsp3) is 0.647. The van der Waals surface area contributed by atoms with Crippen molar-refractivity contribution in [1.82, 2.24) is 4.90 Å². The second-order valence-electron chi connectivity index (χ2n) is 6.32. The molecule has 4 heteroatoms. The first-order valence-corrected chi connectivity index (χ1v) is 7.96. The standard InChI is InChI=1S/C17H25NO3/c1-3-17(4-2)7-8-18(11-17)10-14(19)13-5-6-15-16(9-13)21-12-20-15/h5-6,9,14,19H,3-4,7-8,10-12H2,1-2H3. The Balaban J connectivity index is 1.63. The molecule has 1 unspecified atom stereocenters. The van der Waals surface area contributed by atoms with Crippen molar-refractivity contribution in [2.45, 2.75) is 39.2 Å². The Bertz CT molecular complexity index is 499. The summed E-state index contributed by atoms with van der Waals surface area (Å²) in [6, 6.07) is 5.71. The molecule has 1 saturated heterocycles. The summed E-state index contributed by atoms with van der Waals surface area (Å²) in [6.45, 7) is 7.71. The van der Waals surface area contributed by atoms with Crippen LogP contribution in [0.15, 0.2) is 18.2 Å². The second-order valence-corrected chi connectivity index (χ2v) is 6.32. The molecule has 0 saturated carbocycles. The van der Waals surface area contributed by atoms with Gasteiger partial charge in [0.05, 0.1) is 6.10 Å². The predicted octanol–water partition coefficient (Wildman–Crippen LogP) is 2.96. The van der Waals surface area contributed by atoms with Crippen molar-refractivity contribution in [3.8, 4) is 11.5 Å². The molecule has 0 aromatic heterocycles. The summed E-state index contributed by atoms with van der Waals surface area (Å²) in [4.78, 5) is 2.39. The fourth-order valence-electron chi connectivity index (χ4n) is 3.48. The molecule has 0 radical (unpaired) electrons. The van der Waals surface area contributed by atoms with Gasteiger partial charge in [0.2, 0.25) is 6.79 Å². The minimum absolute atomic E-state index is 0.274. The molecule has 1 aromatic rings. The van der Waals surface area contributed by atoms with E-state index in [0.717, 1.165) is 30.2 Å². The molecule has 1 fully saturated rings. The number of aliphatic hydroxyl groups excluding tert-OH is 1. The zero-order chi connectivity index (χ0) is 14.9. The number of aliphatic hydroxyl groups is 1. The van der Waals surface area contributed by atoms with Gasteiger partial charge in [0.1, 0.15) is 0 Å². The molecule has 3 rings (SSSR count). The summed E-state index contributed by atoms with van der Waals surface area (Å²) < 4.78 is 10.7. The van der Waals surface area contributed by atoms with E-state index in [-0.39, 0.29) is 6.79 Å². The molecule has 116 valence electrons. The van der Waals surface area contributed by atoms with Crippen LogP contribution in [0.25, 0.3) is 0 Å². The van der Waals surface area contributed by atoms with Crippen molar-refractivity contribution in [3.05, 3.63) is 23.8 Å². The lowest BCUT2D eigenvalue weighted by molar-refractivity contribution is 0.116. The SMILES string of the molecule is CCC1(CC)CCN(CC(O)c2ccc3c(c2)OCO3)C1. The molecule has 0 bridgehead atoms. The highest BCUT2D eigenvalue weighted by atomic mass is 16.7. The number of likely N-dealkylation sites (tertiary alicyclic amines) is 1. The minimum Gasteiger partial charge on any atom is -0.454 e. The lowest BCUT2D eigenvalue weighted by Crippen LogP contribution is -2.30. The maximum Gasteiger partial charge on any atom is 0.231 e. The maximum absolute atomic E-state index is 10.5. The van der Waals surface area contributed by atoms with Gasteiger partial charge in [0, 0.05) is 13.1 Å². The van der Waals surface area contributed by atoms with Crippen LogP contribution in [-0.2, 0) is 0 Å². The third-order valence-electron chi connectivity index (χ3n) is 5.23. The molecule has 21 heavy (non-hydrogen) atoms. The van der Waals surface area contributed by atoms with Crippen molar-refractivity contribution in [1.29, 1.82) is 0 Å². The second kappa shape index (κ2) is 5.85. The van der Waals surface area contributed by atoms with Crippen LogP contribution in [0.5, 0.6) is 11.5 Å². The third-order valence-corrected chi connectivity index (χ3v) is 5.23. The smallest absolute Gasteiger partial charge is 0.231 e. The number of β-amino-alcohol motifs (C(OH)–C–C–N with tert-alkyl or cyclic N) is 1. The van der Waals surface area contributed by atoms with Gasteiger partial charge in [-0.1, -0.05) is 19.9 Å². The van der Waals surface area contributed by atoms with Gasteiger partial charge in [-0.3, -0.25) is 4.90 Å². The van der Waals surface area contributed by atoms with Gasteiger partial charge in [-0.15, -0.1) is 0 Å². The third kappa shape index (κ3) is 2.87.